The lowest BCUT2D eigenvalue weighted by Crippen LogP contribution is -2.41. The van der Waals surface area contributed by atoms with Gasteiger partial charge in [0.2, 0.25) is 5.91 Å². The van der Waals surface area contributed by atoms with Crippen LogP contribution in [0.4, 0.5) is 0 Å². The SMILES string of the molecule is CNCC1CCCN1C(=O)CSCC1CCCCO1. The summed E-state index contributed by atoms with van der Waals surface area (Å²) in [7, 11) is 1.95. The third-order valence-electron chi connectivity index (χ3n) is 3.94. The number of hydrogen-bond donors (Lipinski definition) is 1. The smallest absolute Gasteiger partial charge is 0.232 e. The van der Waals surface area contributed by atoms with Crippen molar-refractivity contribution in [2.24, 2.45) is 0 Å². The zero-order chi connectivity index (χ0) is 13.5. The summed E-state index contributed by atoms with van der Waals surface area (Å²) in [4.78, 5) is 14.3. The number of likely N-dealkylation sites (tertiary alicyclic amines) is 1. The van der Waals surface area contributed by atoms with Crippen molar-refractivity contribution in [3.8, 4) is 0 Å². The Kier molecular flexibility index (Phi) is 6.47. The third-order valence-corrected chi connectivity index (χ3v) is 5.00. The Bertz CT molecular complexity index is 283. The highest BCUT2D eigenvalue weighted by Crippen LogP contribution is 2.20. The predicted octanol–water partition coefficient (Wildman–Crippen LogP) is 1.50. The van der Waals surface area contributed by atoms with Crippen molar-refractivity contribution in [2.75, 3.05) is 38.2 Å². The molecule has 2 rings (SSSR count). The lowest BCUT2D eigenvalue weighted by molar-refractivity contribution is -0.129. The molecule has 0 bridgehead atoms. The van der Waals surface area contributed by atoms with Gasteiger partial charge in [0.1, 0.15) is 0 Å². The van der Waals surface area contributed by atoms with Crippen LogP contribution in [0.5, 0.6) is 0 Å². The molecule has 0 aliphatic carbocycles. The monoisotopic (exact) mass is 286 g/mol. The van der Waals surface area contributed by atoms with Crippen LogP contribution in [0.2, 0.25) is 0 Å². The molecular weight excluding hydrogens is 260 g/mol. The fraction of sp³-hybridized carbons (Fsp3) is 0.929. The average molecular weight is 286 g/mol. The number of carbonyl (C=O) groups excluding carboxylic acids is 1. The van der Waals surface area contributed by atoms with Crippen LogP contribution < -0.4 is 5.32 Å². The zero-order valence-corrected chi connectivity index (χ0v) is 12.7. The fourth-order valence-electron chi connectivity index (χ4n) is 2.91. The molecule has 2 unspecified atom stereocenters. The van der Waals surface area contributed by atoms with Crippen molar-refractivity contribution in [1.29, 1.82) is 0 Å². The first-order valence-electron chi connectivity index (χ1n) is 7.44. The highest BCUT2D eigenvalue weighted by molar-refractivity contribution is 7.99. The van der Waals surface area contributed by atoms with E-state index in [0.717, 1.165) is 44.7 Å². The van der Waals surface area contributed by atoms with E-state index >= 15 is 0 Å². The molecule has 2 fully saturated rings. The van der Waals surface area contributed by atoms with Gasteiger partial charge in [0.15, 0.2) is 0 Å². The molecule has 0 saturated carbocycles. The molecular formula is C14H26N2O2S. The Morgan fingerprint density at radius 2 is 2.26 bits per heavy atom. The molecule has 0 aromatic carbocycles. The molecule has 2 saturated heterocycles. The van der Waals surface area contributed by atoms with E-state index in [0.29, 0.717) is 23.8 Å². The summed E-state index contributed by atoms with van der Waals surface area (Å²) in [6.45, 7) is 2.75. The minimum atomic E-state index is 0.304. The van der Waals surface area contributed by atoms with Gasteiger partial charge in [-0.25, -0.2) is 0 Å². The first kappa shape index (κ1) is 15.1. The molecule has 1 amide bonds. The summed E-state index contributed by atoms with van der Waals surface area (Å²) in [6.07, 6.45) is 6.29. The van der Waals surface area contributed by atoms with Gasteiger partial charge >= 0.3 is 0 Å². The van der Waals surface area contributed by atoms with Crippen LogP contribution in [-0.4, -0.2) is 61.2 Å². The van der Waals surface area contributed by atoms with Crippen LogP contribution in [0, 0.1) is 0 Å². The number of rotatable bonds is 6. The van der Waals surface area contributed by atoms with E-state index in [4.69, 9.17) is 4.74 Å². The molecule has 4 nitrogen and oxygen atoms in total. The molecule has 2 aliphatic rings. The van der Waals surface area contributed by atoms with E-state index in [1.54, 1.807) is 11.8 Å². The van der Waals surface area contributed by atoms with E-state index in [9.17, 15) is 4.79 Å². The molecule has 0 spiro atoms. The molecule has 0 aromatic heterocycles. The molecule has 5 heteroatoms. The fourth-order valence-corrected chi connectivity index (χ4v) is 3.90. The number of likely N-dealkylation sites (N-methyl/N-ethyl adjacent to an activating group) is 1. The molecule has 1 N–H and O–H groups in total. The number of amides is 1. The Balaban J connectivity index is 1.65. The third kappa shape index (κ3) is 4.65. The van der Waals surface area contributed by atoms with Gasteiger partial charge < -0.3 is 15.0 Å². The van der Waals surface area contributed by atoms with Gasteiger partial charge in [-0.15, -0.1) is 11.8 Å². The van der Waals surface area contributed by atoms with Crippen LogP contribution in [0.15, 0.2) is 0 Å². The van der Waals surface area contributed by atoms with Gasteiger partial charge in [-0.05, 0) is 39.2 Å². The Morgan fingerprint density at radius 3 is 3.00 bits per heavy atom. The highest BCUT2D eigenvalue weighted by Gasteiger charge is 2.27. The van der Waals surface area contributed by atoms with Crippen molar-refractivity contribution < 1.29 is 9.53 Å². The Hall–Kier alpha value is -0.260. The second-order valence-corrected chi connectivity index (χ2v) is 6.47. The standard InChI is InChI=1S/C14H26N2O2S/c1-15-9-12-5-4-7-16(12)14(17)11-19-10-13-6-2-3-8-18-13/h12-13,15H,2-11H2,1H3. The predicted molar refractivity (Wildman–Crippen MR) is 79.6 cm³/mol. The van der Waals surface area contributed by atoms with Gasteiger partial charge in [-0.2, -0.15) is 0 Å². The number of carbonyl (C=O) groups is 1. The first-order valence-corrected chi connectivity index (χ1v) is 8.60. The van der Waals surface area contributed by atoms with E-state index in [1.807, 2.05) is 7.05 Å². The molecule has 0 radical (unpaired) electrons. The van der Waals surface area contributed by atoms with Crippen molar-refractivity contribution in [1.82, 2.24) is 10.2 Å². The van der Waals surface area contributed by atoms with Crippen LogP contribution >= 0.6 is 11.8 Å². The zero-order valence-electron chi connectivity index (χ0n) is 11.9. The number of hydrogen-bond acceptors (Lipinski definition) is 4. The lowest BCUT2D eigenvalue weighted by atomic mass is 10.1. The molecule has 0 aromatic rings. The first-order chi connectivity index (χ1) is 9.31. The Morgan fingerprint density at radius 1 is 1.37 bits per heavy atom. The van der Waals surface area contributed by atoms with Gasteiger partial charge in [-0.3, -0.25) is 4.79 Å². The van der Waals surface area contributed by atoms with Crippen LogP contribution in [0.1, 0.15) is 32.1 Å². The quantitative estimate of drug-likeness (QED) is 0.803. The molecule has 2 heterocycles. The minimum Gasteiger partial charge on any atom is -0.377 e. The second-order valence-electron chi connectivity index (χ2n) is 5.44. The normalized spacial score (nSPS) is 27.7. The summed E-state index contributed by atoms with van der Waals surface area (Å²) >= 11 is 1.74. The van der Waals surface area contributed by atoms with Crippen molar-refractivity contribution in [3.63, 3.8) is 0 Å². The number of nitrogens with zero attached hydrogens (tertiary/aromatic N) is 1. The summed E-state index contributed by atoms with van der Waals surface area (Å²) < 4.78 is 5.69. The number of ether oxygens (including phenoxy) is 1. The van der Waals surface area contributed by atoms with E-state index < -0.39 is 0 Å². The van der Waals surface area contributed by atoms with Crippen LogP contribution in [0.3, 0.4) is 0 Å². The topological polar surface area (TPSA) is 41.6 Å². The number of thioether (sulfide) groups is 1. The van der Waals surface area contributed by atoms with Crippen molar-refractivity contribution in [3.05, 3.63) is 0 Å². The second kappa shape index (κ2) is 8.12. The van der Waals surface area contributed by atoms with E-state index in [-0.39, 0.29) is 0 Å². The van der Waals surface area contributed by atoms with E-state index in [1.165, 1.54) is 12.8 Å². The summed E-state index contributed by atoms with van der Waals surface area (Å²) in [5.41, 5.74) is 0. The summed E-state index contributed by atoms with van der Waals surface area (Å²) in [6, 6.07) is 0.407. The summed E-state index contributed by atoms with van der Waals surface area (Å²) in [5, 5.41) is 3.18. The van der Waals surface area contributed by atoms with Crippen molar-refractivity contribution >= 4 is 17.7 Å². The number of nitrogens with one attached hydrogen (secondary N) is 1. The molecule has 2 aliphatic heterocycles. The molecule has 2 atom stereocenters. The maximum Gasteiger partial charge on any atom is 0.232 e. The molecule has 19 heavy (non-hydrogen) atoms. The highest BCUT2D eigenvalue weighted by atomic mass is 32.2. The van der Waals surface area contributed by atoms with Gasteiger partial charge in [0.05, 0.1) is 11.9 Å². The van der Waals surface area contributed by atoms with Gasteiger partial charge in [-0.1, -0.05) is 0 Å². The average Bonchev–Trinajstić information content (AvgIpc) is 2.89. The van der Waals surface area contributed by atoms with Crippen LogP contribution in [-0.2, 0) is 9.53 Å². The minimum absolute atomic E-state index is 0.304. The largest absolute Gasteiger partial charge is 0.377 e. The maximum absolute atomic E-state index is 12.2. The lowest BCUT2D eigenvalue weighted by Gasteiger charge is -2.25. The maximum atomic E-state index is 12.2. The van der Waals surface area contributed by atoms with E-state index in [2.05, 4.69) is 10.2 Å². The van der Waals surface area contributed by atoms with Gasteiger partial charge in [0, 0.05) is 31.5 Å². The van der Waals surface area contributed by atoms with Crippen LogP contribution in [0.25, 0.3) is 0 Å². The van der Waals surface area contributed by atoms with Gasteiger partial charge in [0.25, 0.3) is 0 Å². The Labute approximate surface area is 120 Å². The molecule has 110 valence electrons. The summed E-state index contributed by atoms with van der Waals surface area (Å²) in [5.74, 6) is 1.88. The van der Waals surface area contributed by atoms with Crippen molar-refractivity contribution in [2.45, 2.75) is 44.2 Å².